The highest BCUT2D eigenvalue weighted by Crippen LogP contribution is 2.32. The maximum Gasteiger partial charge on any atom is 0.314 e. The lowest BCUT2D eigenvalue weighted by Gasteiger charge is -2.35. The van der Waals surface area contributed by atoms with Crippen molar-refractivity contribution in [3.8, 4) is 0 Å². The average Bonchev–Trinajstić information content (AvgIpc) is 2.08. The minimum Gasteiger partial charge on any atom is -0.371 e. The van der Waals surface area contributed by atoms with E-state index in [1.165, 1.54) is 0 Å². The second-order valence-corrected chi connectivity index (χ2v) is 4.32. The number of rotatable bonds is 3. The van der Waals surface area contributed by atoms with E-state index in [4.69, 9.17) is 17.3 Å². The van der Waals surface area contributed by atoms with Crippen LogP contribution in [0, 0.1) is 5.92 Å². The Morgan fingerprint density at radius 3 is 2.57 bits per heavy atom. The molecular formula is C9H17ClN2O2. The van der Waals surface area contributed by atoms with E-state index in [-0.39, 0.29) is 0 Å². The van der Waals surface area contributed by atoms with E-state index in [0.29, 0.717) is 24.6 Å². The van der Waals surface area contributed by atoms with E-state index in [0.717, 1.165) is 19.3 Å². The van der Waals surface area contributed by atoms with Crippen LogP contribution in [0.5, 0.6) is 0 Å². The zero-order valence-corrected chi connectivity index (χ0v) is 8.89. The van der Waals surface area contributed by atoms with Gasteiger partial charge in [-0.05, 0) is 38.0 Å². The topological polar surface area (TPSA) is 75.4 Å². The molecule has 1 fully saturated rings. The van der Waals surface area contributed by atoms with Crippen molar-refractivity contribution in [2.24, 2.45) is 11.7 Å². The van der Waals surface area contributed by atoms with E-state index < -0.39 is 11.8 Å². The maximum atomic E-state index is 10.6. The Balaban J connectivity index is 2.36. The molecule has 0 spiro atoms. The Kier molecular flexibility index (Phi) is 4.01. The third kappa shape index (κ3) is 3.35. The first-order valence-corrected chi connectivity index (χ1v) is 5.45. The van der Waals surface area contributed by atoms with E-state index in [9.17, 15) is 9.90 Å². The van der Waals surface area contributed by atoms with Gasteiger partial charge in [-0.1, -0.05) is 0 Å². The van der Waals surface area contributed by atoms with E-state index in [2.05, 4.69) is 5.32 Å². The van der Waals surface area contributed by atoms with Crippen LogP contribution in [-0.2, 0) is 0 Å². The third-order valence-electron chi connectivity index (χ3n) is 2.81. The molecule has 82 valence electrons. The van der Waals surface area contributed by atoms with E-state index in [1.54, 1.807) is 0 Å². The van der Waals surface area contributed by atoms with Gasteiger partial charge >= 0.3 is 6.03 Å². The van der Waals surface area contributed by atoms with Crippen LogP contribution in [0.1, 0.15) is 32.1 Å². The molecule has 1 saturated carbocycles. The van der Waals surface area contributed by atoms with Crippen molar-refractivity contribution in [3.05, 3.63) is 0 Å². The summed E-state index contributed by atoms with van der Waals surface area (Å²) in [6, 6.07) is -0.664. The van der Waals surface area contributed by atoms with Gasteiger partial charge in [0.15, 0.2) is 0 Å². The standard InChI is InChI=1S/C9H17ClN2O2/c10-6-3-7-1-4-9(14,5-2-7)12-8(11)13/h7,14H,1-6H2,(H3,11,12,13). The van der Waals surface area contributed by atoms with Gasteiger partial charge in [0.1, 0.15) is 5.72 Å². The lowest BCUT2D eigenvalue weighted by molar-refractivity contribution is -0.0278. The Morgan fingerprint density at radius 1 is 1.57 bits per heavy atom. The first-order chi connectivity index (χ1) is 6.56. The van der Waals surface area contributed by atoms with Crippen LogP contribution in [0.15, 0.2) is 0 Å². The minimum absolute atomic E-state index is 0.567. The predicted molar refractivity (Wildman–Crippen MR) is 55.0 cm³/mol. The number of hydrogen-bond acceptors (Lipinski definition) is 2. The zero-order chi connectivity index (χ0) is 10.6. The van der Waals surface area contributed by atoms with Crippen LogP contribution in [-0.4, -0.2) is 22.7 Å². The van der Waals surface area contributed by atoms with Gasteiger partial charge < -0.3 is 16.2 Å². The van der Waals surface area contributed by atoms with Crippen LogP contribution >= 0.6 is 11.6 Å². The second kappa shape index (κ2) is 4.84. The molecule has 5 heteroatoms. The summed E-state index contributed by atoms with van der Waals surface area (Å²) in [6.07, 6.45) is 3.90. The fraction of sp³-hybridized carbons (Fsp3) is 0.889. The number of halogens is 1. The van der Waals surface area contributed by atoms with Gasteiger partial charge in [-0.15, -0.1) is 11.6 Å². The lowest BCUT2D eigenvalue weighted by Crippen LogP contribution is -2.52. The van der Waals surface area contributed by atoms with E-state index >= 15 is 0 Å². The van der Waals surface area contributed by atoms with Crippen LogP contribution in [0.25, 0.3) is 0 Å². The van der Waals surface area contributed by atoms with Gasteiger partial charge in [0, 0.05) is 5.88 Å². The predicted octanol–water partition coefficient (Wildman–Crippen LogP) is 1.16. The number of aliphatic hydroxyl groups is 1. The number of carbonyl (C=O) groups is 1. The highest BCUT2D eigenvalue weighted by atomic mass is 35.5. The van der Waals surface area contributed by atoms with Crippen molar-refractivity contribution >= 4 is 17.6 Å². The Labute approximate surface area is 88.8 Å². The molecule has 0 aromatic rings. The molecule has 14 heavy (non-hydrogen) atoms. The zero-order valence-electron chi connectivity index (χ0n) is 8.13. The summed E-state index contributed by atoms with van der Waals surface area (Å²) in [5.41, 5.74) is 3.88. The average molecular weight is 221 g/mol. The third-order valence-corrected chi connectivity index (χ3v) is 3.02. The number of hydrogen-bond donors (Lipinski definition) is 3. The second-order valence-electron chi connectivity index (χ2n) is 3.94. The van der Waals surface area contributed by atoms with Crippen molar-refractivity contribution in [1.82, 2.24) is 5.32 Å². The molecule has 1 aliphatic carbocycles. The number of urea groups is 1. The number of amides is 2. The number of alkyl halides is 1. The van der Waals surface area contributed by atoms with Gasteiger partial charge in [0.25, 0.3) is 0 Å². The smallest absolute Gasteiger partial charge is 0.314 e. The summed E-state index contributed by atoms with van der Waals surface area (Å²) in [7, 11) is 0. The van der Waals surface area contributed by atoms with Gasteiger partial charge in [-0.25, -0.2) is 4.79 Å². The minimum atomic E-state index is -1.09. The van der Waals surface area contributed by atoms with Crippen molar-refractivity contribution in [2.75, 3.05) is 5.88 Å². The van der Waals surface area contributed by atoms with Crippen LogP contribution < -0.4 is 11.1 Å². The molecule has 4 N–H and O–H groups in total. The fourth-order valence-electron chi connectivity index (χ4n) is 1.95. The van der Waals surface area contributed by atoms with Crippen molar-refractivity contribution in [1.29, 1.82) is 0 Å². The quantitative estimate of drug-likeness (QED) is 0.493. The number of nitrogens with one attached hydrogen (secondary N) is 1. The molecule has 0 unspecified atom stereocenters. The molecule has 0 radical (unpaired) electrons. The van der Waals surface area contributed by atoms with Crippen LogP contribution in [0.4, 0.5) is 4.79 Å². The summed E-state index contributed by atoms with van der Waals surface area (Å²) in [6.45, 7) is 0. The number of nitrogens with two attached hydrogens (primary N) is 1. The van der Waals surface area contributed by atoms with Crippen LogP contribution in [0.2, 0.25) is 0 Å². The summed E-state index contributed by atoms with van der Waals surface area (Å²) in [5, 5.41) is 12.3. The fourth-order valence-corrected chi connectivity index (χ4v) is 2.26. The van der Waals surface area contributed by atoms with Gasteiger partial charge in [-0.3, -0.25) is 0 Å². The molecule has 0 aliphatic heterocycles. The molecule has 0 atom stereocenters. The Hall–Kier alpha value is -0.480. The monoisotopic (exact) mass is 220 g/mol. The molecule has 4 nitrogen and oxygen atoms in total. The summed E-state index contributed by atoms with van der Waals surface area (Å²) < 4.78 is 0. The van der Waals surface area contributed by atoms with Crippen molar-refractivity contribution in [3.63, 3.8) is 0 Å². The Bertz CT molecular complexity index is 203. The van der Waals surface area contributed by atoms with E-state index in [1.807, 2.05) is 0 Å². The molecule has 0 aromatic carbocycles. The van der Waals surface area contributed by atoms with Crippen LogP contribution in [0.3, 0.4) is 0 Å². The molecule has 2 amide bonds. The summed E-state index contributed by atoms with van der Waals surface area (Å²) >= 11 is 5.64. The Morgan fingerprint density at radius 2 is 2.14 bits per heavy atom. The molecule has 1 aliphatic rings. The summed E-state index contributed by atoms with van der Waals surface area (Å²) in [4.78, 5) is 10.6. The molecule has 0 saturated heterocycles. The molecule has 0 aromatic heterocycles. The molecular weight excluding hydrogens is 204 g/mol. The maximum absolute atomic E-state index is 10.6. The molecule has 1 rings (SSSR count). The number of primary amides is 1. The van der Waals surface area contributed by atoms with Gasteiger partial charge in [0.2, 0.25) is 0 Å². The normalized spacial score (nSPS) is 32.6. The number of carbonyl (C=O) groups excluding carboxylic acids is 1. The summed E-state index contributed by atoms with van der Waals surface area (Å²) in [5.74, 6) is 1.23. The van der Waals surface area contributed by atoms with Gasteiger partial charge in [0.05, 0.1) is 0 Å². The van der Waals surface area contributed by atoms with Crippen molar-refractivity contribution in [2.45, 2.75) is 37.8 Å². The first-order valence-electron chi connectivity index (χ1n) is 4.92. The SMILES string of the molecule is NC(=O)NC1(O)CCC(CCCl)CC1. The molecule has 0 heterocycles. The highest BCUT2D eigenvalue weighted by molar-refractivity contribution is 6.17. The highest BCUT2D eigenvalue weighted by Gasteiger charge is 2.33. The molecule has 0 bridgehead atoms. The van der Waals surface area contributed by atoms with Gasteiger partial charge in [-0.2, -0.15) is 0 Å². The lowest BCUT2D eigenvalue weighted by atomic mass is 9.82. The van der Waals surface area contributed by atoms with Crippen molar-refractivity contribution < 1.29 is 9.90 Å². The first kappa shape index (κ1) is 11.6. The largest absolute Gasteiger partial charge is 0.371 e.